The fourth-order valence-corrected chi connectivity index (χ4v) is 10.3. The summed E-state index contributed by atoms with van der Waals surface area (Å²) in [6.45, 7) is 4.71. The lowest BCUT2D eigenvalue weighted by Crippen LogP contribution is -2.16. The lowest BCUT2D eigenvalue weighted by atomic mass is 9.82. The van der Waals surface area contributed by atoms with Crippen LogP contribution in [0.3, 0.4) is 0 Å². The van der Waals surface area contributed by atoms with Gasteiger partial charge >= 0.3 is 0 Å². The van der Waals surface area contributed by atoms with Crippen molar-refractivity contribution in [3.63, 3.8) is 0 Å². The van der Waals surface area contributed by atoms with Crippen molar-refractivity contribution in [2.45, 2.75) is 19.3 Å². The fraction of sp³-hybridized carbons (Fsp3) is 0.0566. The second kappa shape index (κ2) is 12.3. The first-order valence-corrected chi connectivity index (χ1v) is 19.9. The molecule has 1 nitrogen and oxygen atoms in total. The Labute approximate surface area is 325 Å². The molecule has 0 bridgehead atoms. The molecule has 0 saturated heterocycles. The second-order valence-electron chi connectivity index (χ2n) is 15.3. The molecule has 55 heavy (non-hydrogen) atoms. The molecular weight excluding hydrogens is 683 g/mol. The Bertz CT molecular complexity index is 3110. The Morgan fingerprint density at radius 2 is 1.00 bits per heavy atom. The van der Waals surface area contributed by atoms with Gasteiger partial charge in [0.2, 0.25) is 0 Å². The molecule has 0 fully saturated rings. The van der Waals surface area contributed by atoms with Crippen LogP contribution in [-0.4, -0.2) is 0 Å². The number of benzene rings is 9. The van der Waals surface area contributed by atoms with Gasteiger partial charge in [-0.25, -0.2) is 0 Å². The number of anilines is 3. The molecule has 2 heteroatoms. The van der Waals surface area contributed by atoms with Crippen LogP contribution in [0.2, 0.25) is 0 Å². The van der Waals surface area contributed by atoms with E-state index in [2.05, 4.69) is 207 Å². The lowest BCUT2D eigenvalue weighted by molar-refractivity contribution is 0.660. The van der Waals surface area contributed by atoms with Crippen LogP contribution in [0.25, 0.3) is 75.1 Å². The summed E-state index contributed by atoms with van der Waals surface area (Å²) in [5.41, 5.74) is 13.6. The van der Waals surface area contributed by atoms with E-state index in [-0.39, 0.29) is 5.41 Å². The van der Waals surface area contributed by atoms with Crippen LogP contribution in [-0.2, 0) is 5.41 Å². The van der Waals surface area contributed by atoms with Gasteiger partial charge in [0, 0.05) is 42.6 Å². The van der Waals surface area contributed by atoms with Gasteiger partial charge in [0.05, 0.1) is 0 Å². The van der Waals surface area contributed by atoms with Crippen molar-refractivity contribution in [2.24, 2.45) is 0 Å². The molecule has 0 spiro atoms. The molecule has 1 aliphatic rings. The zero-order chi connectivity index (χ0) is 36.7. The molecule has 0 atom stereocenters. The van der Waals surface area contributed by atoms with E-state index in [0.29, 0.717) is 0 Å². The summed E-state index contributed by atoms with van der Waals surface area (Å²) >= 11 is 1.89. The maximum atomic E-state index is 2.42. The van der Waals surface area contributed by atoms with Gasteiger partial charge in [0.25, 0.3) is 0 Å². The van der Waals surface area contributed by atoms with E-state index in [1.165, 1.54) is 86.2 Å². The van der Waals surface area contributed by atoms with Gasteiger partial charge in [-0.3, -0.25) is 0 Å². The van der Waals surface area contributed by atoms with Gasteiger partial charge in [-0.2, -0.15) is 0 Å². The summed E-state index contributed by atoms with van der Waals surface area (Å²) in [6, 6.07) is 69.6. The van der Waals surface area contributed by atoms with Gasteiger partial charge < -0.3 is 4.90 Å². The predicted octanol–water partition coefficient (Wildman–Crippen LogP) is 15.5. The molecule has 0 saturated carbocycles. The van der Waals surface area contributed by atoms with Crippen molar-refractivity contribution in [3.05, 3.63) is 199 Å². The maximum absolute atomic E-state index is 2.42. The van der Waals surface area contributed by atoms with Crippen LogP contribution < -0.4 is 4.90 Å². The third-order valence-electron chi connectivity index (χ3n) is 11.9. The Morgan fingerprint density at radius 3 is 1.84 bits per heavy atom. The molecule has 260 valence electrons. The SMILES string of the molecule is CC1(C)c2ccccc2-c2ccc(N(c3ccc(-c4ccc5c(ccc6c7ccccc7sc56)c4)cc3)c3ccc(-c4cccc5ccccc45)cc3)cc21. The van der Waals surface area contributed by atoms with Gasteiger partial charge in [-0.15, -0.1) is 11.3 Å². The molecule has 1 aliphatic carbocycles. The molecule has 9 aromatic carbocycles. The molecule has 0 radical (unpaired) electrons. The fourth-order valence-electron chi connectivity index (χ4n) is 9.04. The number of rotatable bonds is 5. The Morgan fingerprint density at radius 1 is 0.382 bits per heavy atom. The number of nitrogens with zero attached hydrogens (tertiary/aromatic N) is 1. The smallest absolute Gasteiger partial charge is 0.0465 e. The average Bonchev–Trinajstić information content (AvgIpc) is 3.73. The monoisotopic (exact) mass is 719 g/mol. The second-order valence-corrected chi connectivity index (χ2v) is 16.4. The summed E-state index contributed by atoms with van der Waals surface area (Å²) in [7, 11) is 0. The van der Waals surface area contributed by atoms with Crippen LogP contribution in [0.1, 0.15) is 25.0 Å². The number of thiophene rings is 1. The minimum Gasteiger partial charge on any atom is -0.310 e. The standard InChI is InChI=1S/C53H37NS/c1-53(2)49-16-7-5-13-45(49)46-31-28-41(33-50(46)53)54(40-26-20-36(21-27-40)43-15-9-11-35-10-3-4-12-42(35)43)39-24-18-34(19-25-39)37-22-29-44-38(32-37)23-30-48-47-14-6-8-17-51(47)55-52(44)48/h3-33H,1-2H3. The lowest BCUT2D eigenvalue weighted by Gasteiger charge is -2.28. The van der Waals surface area contributed by atoms with E-state index in [4.69, 9.17) is 0 Å². The van der Waals surface area contributed by atoms with Crippen molar-refractivity contribution in [2.75, 3.05) is 4.90 Å². The topological polar surface area (TPSA) is 3.24 Å². The summed E-state index contributed by atoms with van der Waals surface area (Å²) < 4.78 is 2.71. The predicted molar refractivity (Wildman–Crippen MR) is 237 cm³/mol. The van der Waals surface area contributed by atoms with E-state index in [9.17, 15) is 0 Å². The summed E-state index contributed by atoms with van der Waals surface area (Å²) in [5, 5.41) is 7.80. The Kier molecular flexibility index (Phi) is 7.14. The van der Waals surface area contributed by atoms with Crippen LogP contribution in [0.5, 0.6) is 0 Å². The summed E-state index contributed by atoms with van der Waals surface area (Å²) in [4.78, 5) is 2.41. The third-order valence-corrected chi connectivity index (χ3v) is 13.1. The van der Waals surface area contributed by atoms with Gasteiger partial charge in [-0.1, -0.05) is 153 Å². The van der Waals surface area contributed by atoms with E-state index in [1.807, 2.05) is 11.3 Å². The Hall–Kier alpha value is -6.48. The molecule has 0 aliphatic heterocycles. The van der Waals surface area contributed by atoms with Crippen molar-refractivity contribution in [1.82, 2.24) is 0 Å². The first-order chi connectivity index (χ1) is 27.0. The van der Waals surface area contributed by atoms with Gasteiger partial charge in [-0.05, 0) is 115 Å². The highest BCUT2D eigenvalue weighted by Gasteiger charge is 2.35. The molecular formula is C53H37NS. The van der Waals surface area contributed by atoms with Crippen molar-refractivity contribution >= 4 is 70.1 Å². The molecule has 11 rings (SSSR count). The molecule has 0 unspecified atom stereocenters. The van der Waals surface area contributed by atoms with Crippen molar-refractivity contribution in [3.8, 4) is 33.4 Å². The largest absolute Gasteiger partial charge is 0.310 e. The van der Waals surface area contributed by atoms with E-state index < -0.39 is 0 Å². The zero-order valence-corrected chi connectivity index (χ0v) is 31.6. The van der Waals surface area contributed by atoms with E-state index >= 15 is 0 Å². The van der Waals surface area contributed by atoms with E-state index in [0.717, 1.165) is 17.1 Å². The minimum absolute atomic E-state index is 0.0901. The van der Waals surface area contributed by atoms with Crippen molar-refractivity contribution in [1.29, 1.82) is 0 Å². The van der Waals surface area contributed by atoms with Crippen LogP contribution >= 0.6 is 11.3 Å². The third kappa shape index (κ3) is 5.06. The molecule has 0 amide bonds. The normalized spacial score (nSPS) is 13.1. The molecule has 10 aromatic rings. The van der Waals surface area contributed by atoms with Crippen LogP contribution in [0.4, 0.5) is 17.1 Å². The molecule has 1 heterocycles. The highest BCUT2D eigenvalue weighted by molar-refractivity contribution is 7.26. The first-order valence-electron chi connectivity index (χ1n) is 19.1. The minimum atomic E-state index is -0.0901. The zero-order valence-electron chi connectivity index (χ0n) is 30.8. The van der Waals surface area contributed by atoms with Gasteiger partial charge in [0.15, 0.2) is 0 Å². The number of hydrogen-bond donors (Lipinski definition) is 0. The summed E-state index contributed by atoms with van der Waals surface area (Å²) in [6.07, 6.45) is 0. The molecule has 1 aromatic heterocycles. The maximum Gasteiger partial charge on any atom is 0.0465 e. The number of hydrogen-bond acceptors (Lipinski definition) is 2. The highest BCUT2D eigenvalue weighted by Crippen LogP contribution is 2.51. The molecule has 0 N–H and O–H groups in total. The highest BCUT2D eigenvalue weighted by atomic mass is 32.1. The van der Waals surface area contributed by atoms with Crippen molar-refractivity contribution < 1.29 is 0 Å². The number of fused-ring (bicyclic) bond motifs is 9. The quantitative estimate of drug-likeness (QED) is 0.171. The first kappa shape index (κ1) is 32.0. The van der Waals surface area contributed by atoms with Gasteiger partial charge in [0.1, 0.15) is 0 Å². The van der Waals surface area contributed by atoms with E-state index in [1.54, 1.807) is 0 Å². The average molecular weight is 720 g/mol. The van der Waals surface area contributed by atoms with Crippen LogP contribution in [0.15, 0.2) is 188 Å². The van der Waals surface area contributed by atoms with Crippen LogP contribution in [0, 0.1) is 0 Å². The Balaban J connectivity index is 1.00. The summed E-state index contributed by atoms with van der Waals surface area (Å²) in [5.74, 6) is 0.